The van der Waals surface area contributed by atoms with Crippen molar-refractivity contribution >= 4 is 11.6 Å². The second-order valence-electron chi connectivity index (χ2n) is 3.36. The van der Waals surface area contributed by atoms with Crippen molar-refractivity contribution in [2.45, 2.75) is 45.4 Å². The summed E-state index contributed by atoms with van der Waals surface area (Å²) in [6.07, 6.45) is 2.18. The molecule has 0 aliphatic rings. The molecule has 0 nitrogen and oxygen atoms in total. The van der Waals surface area contributed by atoms with Gasteiger partial charge < -0.3 is 0 Å². The van der Waals surface area contributed by atoms with E-state index in [4.69, 9.17) is 11.6 Å². The Bertz CT molecular complexity index is 74.6. The molecule has 0 N–H and O–H groups in total. The second-order valence-corrected chi connectivity index (χ2v) is 4.28. The molecule has 0 saturated carbocycles. The maximum atomic E-state index is 6.12. The topological polar surface area (TPSA) is 0 Å². The van der Waals surface area contributed by atoms with Crippen LogP contribution in [0, 0.1) is 5.92 Å². The number of halogens is 1. The fraction of sp³-hybridized carbons (Fsp3) is 1.00. The van der Waals surface area contributed by atoms with Crippen LogP contribution >= 0.6 is 11.6 Å². The number of hydrogen-bond acceptors (Lipinski definition) is 0. The fourth-order valence-corrected chi connectivity index (χ4v) is 1.30. The van der Waals surface area contributed by atoms with Gasteiger partial charge >= 0.3 is 0 Å². The molecular formula is C8H17Cl. The van der Waals surface area contributed by atoms with Gasteiger partial charge in [-0.05, 0) is 25.7 Å². The quantitative estimate of drug-likeness (QED) is 0.538. The van der Waals surface area contributed by atoms with Gasteiger partial charge in [-0.15, -0.1) is 11.6 Å². The Morgan fingerprint density at radius 1 is 1.44 bits per heavy atom. The lowest BCUT2D eigenvalue weighted by atomic mass is 9.96. The van der Waals surface area contributed by atoms with Crippen molar-refractivity contribution in [3.05, 3.63) is 0 Å². The van der Waals surface area contributed by atoms with Crippen LogP contribution < -0.4 is 0 Å². The van der Waals surface area contributed by atoms with Crippen molar-refractivity contribution in [1.82, 2.24) is 0 Å². The zero-order valence-corrected chi connectivity index (χ0v) is 7.63. The van der Waals surface area contributed by atoms with E-state index in [1.54, 1.807) is 0 Å². The van der Waals surface area contributed by atoms with E-state index in [0.29, 0.717) is 5.92 Å². The molecule has 0 aliphatic carbocycles. The molecule has 0 aromatic heterocycles. The average Bonchev–Trinajstić information content (AvgIpc) is 1.63. The van der Waals surface area contributed by atoms with Gasteiger partial charge in [0.2, 0.25) is 0 Å². The number of alkyl halides is 1. The van der Waals surface area contributed by atoms with Crippen LogP contribution in [-0.4, -0.2) is 4.87 Å². The summed E-state index contributed by atoms with van der Waals surface area (Å²) in [6.45, 7) is 8.65. The Balaban J connectivity index is 3.58. The maximum Gasteiger partial charge on any atom is 0.0418 e. The molecule has 0 radical (unpaired) electrons. The molecule has 0 amide bonds. The molecule has 0 rings (SSSR count). The predicted molar refractivity (Wildman–Crippen MR) is 44.0 cm³/mol. The zero-order valence-electron chi connectivity index (χ0n) is 6.87. The van der Waals surface area contributed by atoms with Crippen LogP contribution in [0.15, 0.2) is 0 Å². The summed E-state index contributed by atoms with van der Waals surface area (Å²) in [7, 11) is 0. The minimum Gasteiger partial charge on any atom is -0.120 e. The Kier molecular flexibility index (Phi) is 3.57. The van der Waals surface area contributed by atoms with Crippen molar-refractivity contribution in [1.29, 1.82) is 0 Å². The minimum atomic E-state index is 0.0359. The van der Waals surface area contributed by atoms with Crippen molar-refractivity contribution in [2.24, 2.45) is 5.92 Å². The molecule has 0 spiro atoms. The van der Waals surface area contributed by atoms with Crippen LogP contribution in [0.25, 0.3) is 0 Å². The maximum absolute atomic E-state index is 6.12. The van der Waals surface area contributed by atoms with Crippen molar-refractivity contribution < 1.29 is 0 Å². The molecule has 0 heterocycles. The highest BCUT2D eigenvalue weighted by atomic mass is 35.5. The highest BCUT2D eigenvalue weighted by Crippen LogP contribution is 2.26. The van der Waals surface area contributed by atoms with Gasteiger partial charge in [0, 0.05) is 4.87 Å². The van der Waals surface area contributed by atoms with Gasteiger partial charge in [-0.3, -0.25) is 0 Å². The number of hydrogen-bond donors (Lipinski definition) is 0. The third-order valence-electron chi connectivity index (χ3n) is 1.57. The SMILES string of the molecule is CC[C@](C)(Cl)CC(C)C. The van der Waals surface area contributed by atoms with Crippen molar-refractivity contribution in [3.8, 4) is 0 Å². The summed E-state index contributed by atoms with van der Waals surface area (Å²) in [5, 5.41) is 0. The van der Waals surface area contributed by atoms with Crippen LogP contribution in [0.2, 0.25) is 0 Å². The van der Waals surface area contributed by atoms with Gasteiger partial charge in [0.15, 0.2) is 0 Å². The van der Waals surface area contributed by atoms with Crippen LogP contribution in [0.4, 0.5) is 0 Å². The first-order valence-electron chi connectivity index (χ1n) is 3.67. The standard InChI is InChI=1S/C8H17Cl/c1-5-8(4,9)6-7(2)3/h7H,5-6H2,1-4H3/t8-/m0/s1. The summed E-state index contributed by atoms with van der Waals surface area (Å²) < 4.78 is 0. The first kappa shape index (κ1) is 9.29. The van der Waals surface area contributed by atoms with Crippen molar-refractivity contribution in [3.63, 3.8) is 0 Å². The second kappa shape index (κ2) is 3.46. The minimum absolute atomic E-state index is 0.0359. The lowest BCUT2D eigenvalue weighted by Gasteiger charge is -2.21. The van der Waals surface area contributed by atoms with E-state index in [1.165, 1.54) is 0 Å². The summed E-state index contributed by atoms with van der Waals surface area (Å²) >= 11 is 6.12. The Hall–Kier alpha value is 0.290. The lowest BCUT2D eigenvalue weighted by Crippen LogP contribution is -2.17. The van der Waals surface area contributed by atoms with E-state index in [-0.39, 0.29) is 4.87 Å². The van der Waals surface area contributed by atoms with Gasteiger partial charge in [0.05, 0.1) is 0 Å². The van der Waals surface area contributed by atoms with Crippen LogP contribution in [0.3, 0.4) is 0 Å². The summed E-state index contributed by atoms with van der Waals surface area (Å²) in [5.41, 5.74) is 0. The van der Waals surface area contributed by atoms with Gasteiger partial charge in [-0.2, -0.15) is 0 Å². The Morgan fingerprint density at radius 3 is 2.00 bits per heavy atom. The smallest absolute Gasteiger partial charge is 0.0418 e. The molecule has 0 saturated heterocycles. The van der Waals surface area contributed by atoms with Crippen LogP contribution in [0.1, 0.15) is 40.5 Å². The molecule has 0 bridgehead atoms. The van der Waals surface area contributed by atoms with E-state index >= 15 is 0 Å². The van der Waals surface area contributed by atoms with E-state index in [1.807, 2.05) is 0 Å². The van der Waals surface area contributed by atoms with Gasteiger partial charge in [-0.25, -0.2) is 0 Å². The molecule has 0 aromatic carbocycles. The highest BCUT2D eigenvalue weighted by molar-refractivity contribution is 6.23. The van der Waals surface area contributed by atoms with Gasteiger partial charge in [0.1, 0.15) is 0 Å². The third kappa shape index (κ3) is 4.77. The molecule has 1 atom stereocenters. The summed E-state index contributed by atoms with van der Waals surface area (Å²) in [5.74, 6) is 0.715. The normalized spacial score (nSPS) is 18.0. The van der Waals surface area contributed by atoms with Crippen LogP contribution in [0.5, 0.6) is 0 Å². The third-order valence-corrected chi connectivity index (χ3v) is 1.99. The molecule has 56 valence electrons. The molecule has 0 aliphatic heterocycles. The molecule has 1 heteroatoms. The van der Waals surface area contributed by atoms with Crippen molar-refractivity contribution in [2.75, 3.05) is 0 Å². The monoisotopic (exact) mass is 148 g/mol. The summed E-state index contributed by atoms with van der Waals surface area (Å²) in [6, 6.07) is 0. The Morgan fingerprint density at radius 2 is 1.89 bits per heavy atom. The zero-order chi connectivity index (χ0) is 7.49. The first-order valence-corrected chi connectivity index (χ1v) is 4.04. The lowest BCUT2D eigenvalue weighted by molar-refractivity contribution is 0.458. The van der Waals surface area contributed by atoms with Gasteiger partial charge in [0.25, 0.3) is 0 Å². The Labute approximate surface area is 63.6 Å². The van der Waals surface area contributed by atoms with Gasteiger partial charge in [-0.1, -0.05) is 20.8 Å². The van der Waals surface area contributed by atoms with Crippen LogP contribution in [-0.2, 0) is 0 Å². The summed E-state index contributed by atoms with van der Waals surface area (Å²) in [4.78, 5) is 0.0359. The van der Waals surface area contributed by atoms with E-state index < -0.39 is 0 Å². The fourth-order valence-electron chi connectivity index (χ4n) is 0.996. The van der Waals surface area contributed by atoms with E-state index in [0.717, 1.165) is 12.8 Å². The molecule has 0 fully saturated rings. The molecular weight excluding hydrogens is 132 g/mol. The molecule has 0 aromatic rings. The number of rotatable bonds is 3. The first-order chi connectivity index (χ1) is 3.98. The largest absolute Gasteiger partial charge is 0.120 e. The molecule has 9 heavy (non-hydrogen) atoms. The highest BCUT2D eigenvalue weighted by Gasteiger charge is 2.18. The average molecular weight is 149 g/mol. The van der Waals surface area contributed by atoms with E-state index in [9.17, 15) is 0 Å². The predicted octanol–water partition coefficient (Wildman–Crippen LogP) is 3.44. The van der Waals surface area contributed by atoms with E-state index in [2.05, 4.69) is 27.7 Å². The molecule has 0 unspecified atom stereocenters.